The highest BCUT2D eigenvalue weighted by Gasteiger charge is 2.26. The van der Waals surface area contributed by atoms with Gasteiger partial charge >= 0.3 is 0 Å². The fourth-order valence-corrected chi connectivity index (χ4v) is 4.12. The van der Waals surface area contributed by atoms with Gasteiger partial charge in [-0.3, -0.25) is 4.99 Å². The number of hydrogen-bond donors (Lipinski definition) is 0. The van der Waals surface area contributed by atoms with Gasteiger partial charge in [0.2, 0.25) is 0 Å². The van der Waals surface area contributed by atoms with Crippen LogP contribution in [0.2, 0.25) is 5.31 Å². The van der Waals surface area contributed by atoms with Gasteiger partial charge in [0.1, 0.15) is 0 Å². The zero-order chi connectivity index (χ0) is 12.6. The van der Waals surface area contributed by atoms with Crippen molar-refractivity contribution in [3.63, 3.8) is 0 Å². The second kappa shape index (κ2) is 4.64. The number of hydrogen-bond acceptors (Lipinski definition) is 2. The molecule has 1 aromatic heterocycles. The maximum atomic E-state index is 6.34. The highest BCUT2D eigenvalue weighted by Crippen LogP contribution is 2.38. The third-order valence-corrected chi connectivity index (χ3v) is 4.65. The molecule has 1 aliphatic rings. The van der Waals surface area contributed by atoms with E-state index in [4.69, 9.17) is 7.85 Å². The zero-order valence-electron chi connectivity index (χ0n) is 11.3. The van der Waals surface area contributed by atoms with E-state index in [9.17, 15) is 0 Å². The Kier molecular flexibility index (Phi) is 3.53. The summed E-state index contributed by atoms with van der Waals surface area (Å²) in [5.41, 5.74) is 1.47. The maximum Gasteiger partial charge on any atom is 0.185 e. The summed E-state index contributed by atoms with van der Waals surface area (Å²) in [5.74, 6) is 0. The fraction of sp³-hybridized carbons (Fsp3) is 0.769. The minimum absolute atomic E-state index is 0.0457. The largest absolute Gasteiger partial charge is 0.318 e. The van der Waals surface area contributed by atoms with E-state index in [1.165, 1.54) is 17.0 Å². The van der Waals surface area contributed by atoms with E-state index in [0.717, 1.165) is 24.1 Å². The molecule has 0 amide bonds. The van der Waals surface area contributed by atoms with E-state index < -0.39 is 0 Å². The molecule has 0 aromatic carbocycles. The molecular weight excluding hydrogens is 227 g/mol. The summed E-state index contributed by atoms with van der Waals surface area (Å²) in [6, 6.07) is 0.482. The molecule has 1 aromatic rings. The molecule has 0 spiro atoms. The highest BCUT2D eigenvalue weighted by atomic mass is 32.1. The predicted molar refractivity (Wildman–Crippen MR) is 74.9 cm³/mol. The van der Waals surface area contributed by atoms with E-state index in [1.54, 1.807) is 0 Å². The first-order valence-corrected chi connectivity index (χ1v) is 7.21. The van der Waals surface area contributed by atoms with Gasteiger partial charge in [0.25, 0.3) is 0 Å². The van der Waals surface area contributed by atoms with Crippen LogP contribution in [0.5, 0.6) is 0 Å². The van der Waals surface area contributed by atoms with E-state index >= 15 is 0 Å². The fourth-order valence-electron chi connectivity index (χ4n) is 2.67. The van der Waals surface area contributed by atoms with Gasteiger partial charge in [0, 0.05) is 23.7 Å². The number of fused-ring (bicyclic) bond motifs is 1. The van der Waals surface area contributed by atoms with Crippen LogP contribution in [0.15, 0.2) is 4.99 Å². The molecular formula is C13H21BN2S. The van der Waals surface area contributed by atoms with Crippen molar-refractivity contribution in [2.75, 3.05) is 7.05 Å². The Balaban J connectivity index is 2.55. The van der Waals surface area contributed by atoms with Gasteiger partial charge in [0.15, 0.2) is 4.80 Å². The molecule has 1 atom stereocenters. The van der Waals surface area contributed by atoms with Crippen LogP contribution in [-0.2, 0) is 12.8 Å². The lowest BCUT2D eigenvalue weighted by Crippen LogP contribution is -2.19. The minimum atomic E-state index is -0.0457. The van der Waals surface area contributed by atoms with Crippen molar-refractivity contribution in [3.8, 4) is 0 Å². The van der Waals surface area contributed by atoms with Crippen molar-refractivity contribution in [1.29, 1.82) is 0 Å². The summed E-state index contributed by atoms with van der Waals surface area (Å²) < 4.78 is 2.39. The Bertz CT molecular complexity index is 468. The molecule has 2 radical (unpaired) electrons. The van der Waals surface area contributed by atoms with Crippen LogP contribution in [0, 0.1) is 0 Å². The van der Waals surface area contributed by atoms with E-state index in [1.807, 2.05) is 18.4 Å². The van der Waals surface area contributed by atoms with Gasteiger partial charge in [-0.05, 0) is 33.1 Å². The Hall–Kier alpha value is -0.505. The van der Waals surface area contributed by atoms with Gasteiger partial charge in [-0.15, -0.1) is 11.3 Å². The van der Waals surface area contributed by atoms with Crippen LogP contribution in [0.3, 0.4) is 0 Å². The molecule has 0 saturated heterocycles. The molecule has 0 fully saturated rings. The molecule has 2 nitrogen and oxygen atoms in total. The van der Waals surface area contributed by atoms with Gasteiger partial charge in [0.05, 0.1) is 7.85 Å². The Morgan fingerprint density at radius 2 is 2.18 bits per heavy atom. The average Bonchev–Trinajstić information content (AvgIpc) is 2.48. The van der Waals surface area contributed by atoms with Crippen molar-refractivity contribution < 1.29 is 0 Å². The third-order valence-electron chi connectivity index (χ3n) is 3.47. The summed E-state index contributed by atoms with van der Waals surface area (Å²) >= 11 is 1.82. The quantitative estimate of drug-likeness (QED) is 0.537. The minimum Gasteiger partial charge on any atom is -0.318 e. The number of nitrogens with zero attached hydrogens (tertiary/aromatic N) is 2. The van der Waals surface area contributed by atoms with Crippen LogP contribution in [-0.4, -0.2) is 19.5 Å². The molecule has 2 rings (SSSR count). The maximum absolute atomic E-state index is 6.34. The molecule has 0 N–H and O–H groups in total. The van der Waals surface area contributed by atoms with Crippen LogP contribution >= 0.6 is 11.3 Å². The van der Waals surface area contributed by atoms with Crippen LogP contribution in [0.1, 0.15) is 50.2 Å². The molecule has 0 aliphatic heterocycles. The van der Waals surface area contributed by atoms with Gasteiger partial charge in [-0.25, -0.2) is 0 Å². The molecule has 1 heterocycles. The van der Waals surface area contributed by atoms with E-state index in [0.29, 0.717) is 6.04 Å². The Morgan fingerprint density at radius 1 is 1.47 bits per heavy atom. The standard InChI is InChI=1S/C13H21BN2S/c1-9(2)16-10-6-5-7-13(3,14)8-11(10)17-12(16)15-4/h9H,5-8H2,1-4H3. The average molecular weight is 248 g/mol. The second-order valence-corrected chi connectivity index (χ2v) is 6.69. The van der Waals surface area contributed by atoms with Crippen LogP contribution in [0.25, 0.3) is 0 Å². The molecule has 17 heavy (non-hydrogen) atoms. The van der Waals surface area contributed by atoms with Crippen molar-refractivity contribution in [2.45, 2.75) is 57.8 Å². The summed E-state index contributed by atoms with van der Waals surface area (Å²) in [6.45, 7) is 6.63. The first kappa shape index (κ1) is 12.9. The van der Waals surface area contributed by atoms with Gasteiger partial charge in [-0.2, -0.15) is 0 Å². The van der Waals surface area contributed by atoms with Crippen molar-refractivity contribution >= 4 is 19.2 Å². The van der Waals surface area contributed by atoms with Crippen molar-refractivity contribution in [2.24, 2.45) is 4.99 Å². The molecule has 92 valence electrons. The van der Waals surface area contributed by atoms with Crippen LogP contribution < -0.4 is 4.80 Å². The van der Waals surface area contributed by atoms with Crippen molar-refractivity contribution in [3.05, 3.63) is 15.4 Å². The third kappa shape index (κ3) is 2.52. The lowest BCUT2D eigenvalue weighted by Gasteiger charge is -2.21. The summed E-state index contributed by atoms with van der Waals surface area (Å²) in [4.78, 5) is 7.00. The Morgan fingerprint density at radius 3 is 2.76 bits per heavy atom. The first-order valence-electron chi connectivity index (χ1n) is 6.39. The number of rotatable bonds is 1. The lowest BCUT2D eigenvalue weighted by atomic mass is 9.66. The second-order valence-electron chi connectivity index (χ2n) is 5.63. The van der Waals surface area contributed by atoms with Crippen LogP contribution in [0.4, 0.5) is 0 Å². The topological polar surface area (TPSA) is 17.3 Å². The first-order chi connectivity index (χ1) is 7.94. The number of aromatic nitrogens is 1. The molecule has 4 heteroatoms. The lowest BCUT2D eigenvalue weighted by molar-refractivity contribution is 0.536. The van der Waals surface area contributed by atoms with E-state index in [2.05, 4.69) is 30.3 Å². The SMILES string of the molecule is [B]C1(C)CCCc2c(sc(=NC)n2C(C)C)C1. The summed E-state index contributed by atoms with van der Waals surface area (Å²) in [7, 11) is 8.22. The predicted octanol–water partition coefficient (Wildman–Crippen LogP) is 2.89. The van der Waals surface area contributed by atoms with Gasteiger partial charge < -0.3 is 4.57 Å². The summed E-state index contributed by atoms with van der Waals surface area (Å²) in [6.07, 6.45) is 4.44. The molecule has 0 bridgehead atoms. The molecule has 1 aliphatic carbocycles. The Labute approximate surface area is 109 Å². The zero-order valence-corrected chi connectivity index (χ0v) is 12.1. The highest BCUT2D eigenvalue weighted by molar-refractivity contribution is 7.09. The molecule has 1 unspecified atom stereocenters. The van der Waals surface area contributed by atoms with Crippen molar-refractivity contribution in [1.82, 2.24) is 4.57 Å². The monoisotopic (exact) mass is 248 g/mol. The van der Waals surface area contributed by atoms with Gasteiger partial charge in [-0.1, -0.05) is 18.7 Å². The summed E-state index contributed by atoms with van der Waals surface area (Å²) in [5, 5.41) is -0.0457. The molecule has 0 saturated carbocycles. The smallest absolute Gasteiger partial charge is 0.185 e. The number of thiazole rings is 1. The van der Waals surface area contributed by atoms with E-state index in [-0.39, 0.29) is 5.31 Å². The normalized spacial score (nSPS) is 26.1.